The monoisotopic (exact) mass is 482 g/mol. The summed E-state index contributed by atoms with van der Waals surface area (Å²) in [6.45, 7) is 3.35. The summed E-state index contributed by atoms with van der Waals surface area (Å²) in [5, 5.41) is 4.04. The van der Waals surface area contributed by atoms with Crippen LogP contribution in [0.1, 0.15) is 36.3 Å². The highest BCUT2D eigenvalue weighted by Gasteiger charge is 2.39. The molecule has 0 spiro atoms. The lowest BCUT2D eigenvalue weighted by atomic mass is 10.0. The second kappa shape index (κ2) is 10.4. The Balaban J connectivity index is 1.71. The van der Waals surface area contributed by atoms with Gasteiger partial charge in [0.1, 0.15) is 23.7 Å². The quantitative estimate of drug-likeness (QED) is 0.477. The van der Waals surface area contributed by atoms with Crippen molar-refractivity contribution in [2.75, 3.05) is 18.8 Å². The summed E-state index contributed by atoms with van der Waals surface area (Å²) in [5.41, 5.74) is 1.71. The van der Waals surface area contributed by atoms with Crippen molar-refractivity contribution >= 4 is 15.9 Å². The van der Waals surface area contributed by atoms with Crippen molar-refractivity contribution in [2.24, 2.45) is 5.16 Å². The van der Waals surface area contributed by atoms with Crippen molar-refractivity contribution in [3.8, 4) is 12.3 Å². The fourth-order valence-corrected chi connectivity index (χ4v) is 4.52. The molecule has 2 aliphatic rings. The number of halogens is 3. The topological polar surface area (TPSA) is 83.9 Å². The molecule has 0 amide bonds. The number of likely N-dealkylation sites (tertiary alicyclic amines) is 1. The third-order valence-corrected chi connectivity index (χ3v) is 6.72. The molecule has 1 saturated heterocycles. The number of amidine groups is 1. The lowest BCUT2D eigenvalue weighted by Crippen LogP contribution is -2.42. The summed E-state index contributed by atoms with van der Waals surface area (Å²) < 4.78 is 68.2. The van der Waals surface area contributed by atoms with Gasteiger partial charge in [-0.15, -0.1) is 6.42 Å². The molecule has 1 N–H and O–H groups in total. The molecular formula is C22H25F3N4O3S. The van der Waals surface area contributed by atoms with E-state index in [0.717, 1.165) is 11.6 Å². The Hall–Kier alpha value is -2.84. The summed E-state index contributed by atoms with van der Waals surface area (Å²) in [5.74, 6) is 0.691. The van der Waals surface area contributed by atoms with E-state index in [1.165, 1.54) is 6.92 Å². The van der Waals surface area contributed by atoms with E-state index >= 15 is 0 Å². The Bertz CT molecular complexity index is 1130. The van der Waals surface area contributed by atoms with Crippen LogP contribution in [0.3, 0.4) is 0 Å². The second-order valence-electron chi connectivity index (χ2n) is 7.88. The maximum Gasteiger partial charge on any atom is 0.211 e. The molecule has 0 bridgehead atoms. The Morgan fingerprint density at radius 3 is 2.88 bits per heavy atom. The van der Waals surface area contributed by atoms with Crippen LogP contribution in [0.2, 0.25) is 0 Å². The van der Waals surface area contributed by atoms with Crippen LogP contribution in [0.5, 0.6) is 0 Å². The highest BCUT2D eigenvalue weighted by Crippen LogP contribution is 2.32. The van der Waals surface area contributed by atoms with E-state index < -0.39 is 40.0 Å². The van der Waals surface area contributed by atoms with E-state index in [-0.39, 0.29) is 31.7 Å². The van der Waals surface area contributed by atoms with Crippen LogP contribution in [0.25, 0.3) is 0 Å². The number of pyridine rings is 1. The number of alkyl halides is 1. The predicted octanol–water partition coefficient (Wildman–Crippen LogP) is 3.01. The molecule has 2 aliphatic heterocycles. The van der Waals surface area contributed by atoms with Crippen molar-refractivity contribution < 1.29 is 26.4 Å². The maximum absolute atomic E-state index is 14.4. The van der Waals surface area contributed by atoms with Crippen LogP contribution in [-0.4, -0.2) is 55.2 Å². The standard InChI is InChI=1S/C22H25F3N4O3S/c1-4-6-16(23)9-17(24)8-15-7-14(3)11-26-22(15)20-10-21(27-32-20)29-12-18(25)19(13-29)28-33(30,31)5-2/h1,6-7,9,11,18-20,28H,5,8,10,12-13H2,2-3H3/b16-6+,17-9+/t18-,19+,20-/m0/s1. The number of oxime groups is 1. The van der Waals surface area contributed by atoms with Gasteiger partial charge in [-0.25, -0.2) is 26.3 Å². The zero-order valence-electron chi connectivity index (χ0n) is 18.3. The molecule has 1 aromatic heterocycles. The van der Waals surface area contributed by atoms with Gasteiger partial charge in [-0.05, 0) is 25.0 Å². The van der Waals surface area contributed by atoms with Gasteiger partial charge in [-0.3, -0.25) is 4.98 Å². The summed E-state index contributed by atoms with van der Waals surface area (Å²) in [6.07, 6.45) is 6.11. The first-order chi connectivity index (χ1) is 15.6. The van der Waals surface area contributed by atoms with Crippen molar-refractivity contribution in [1.82, 2.24) is 14.6 Å². The normalized spacial score (nSPS) is 23.9. The van der Waals surface area contributed by atoms with Gasteiger partial charge in [0.2, 0.25) is 10.0 Å². The molecule has 0 radical (unpaired) electrons. The molecule has 3 rings (SSSR count). The molecular weight excluding hydrogens is 457 g/mol. The zero-order valence-corrected chi connectivity index (χ0v) is 19.1. The van der Waals surface area contributed by atoms with Crippen LogP contribution in [-0.2, 0) is 21.3 Å². The van der Waals surface area contributed by atoms with Crippen LogP contribution < -0.4 is 4.72 Å². The smallest absolute Gasteiger partial charge is 0.211 e. The molecule has 7 nitrogen and oxygen atoms in total. The zero-order chi connectivity index (χ0) is 24.2. The fourth-order valence-electron chi connectivity index (χ4n) is 3.67. The van der Waals surface area contributed by atoms with Crippen molar-refractivity contribution in [1.29, 1.82) is 0 Å². The lowest BCUT2D eigenvalue weighted by molar-refractivity contribution is 0.0817. The Morgan fingerprint density at radius 2 is 2.18 bits per heavy atom. The minimum absolute atomic E-state index is 0.0296. The Kier molecular flexibility index (Phi) is 7.81. The van der Waals surface area contributed by atoms with Crippen molar-refractivity contribution in [3.05, 3.63) is 52.9 Å². The van der Waals surface area contributed by atoms with E-state index in [2.05, 4.69) is 14.9 Å². The fraction of sp³-hybridized carbons (Fsp3) is 0.455. The van der Waals surface area contributed by atoms with Gasteiger partial charge in [-0.2, -0.15) is 0 Å². The maximum atomic E-state index is 14.4. The summed E-state index contributed by atoms with van der Waals surface area (Å²) in [6, 6.07) is 0.845. The van der Waals surface area contributed by atoms with E-state index in [9.17, 15) is 21.6 Å². The number of sulfonamides is 1. The molecule has 0 aliphatic carbocycles. The number of allylic oxidation sites excluding steroid dienone is 4. The van der Waals surface area contributed by atoms with Gasteiger partial charge >= 0.3 is 0 Å². The Morgan fingerprint density at radius 1 is 1.42 bits per heavy atom. The number of hydrogen-bond acceptors (Lipinski definition) is 6. The minimum Gasteiger partial charge on any atom is -0.384 e. The van der Waals surface area contributed by atoms with E-state index in [4.69, 9.17) is 11.3 Å². The van der Waals surface area contributed by atoms with E-state index in [0.29, 0.717) is 23.2 Å². The Labute approximate surface area is 191 Å². The van der Waals surface area contributed by atoms with E-state index in [1.54, 1.807) is 24.1 Å². The van der Waals surface area contributed by atoms with Crippen LogP contribution in [0.15, 0.2) is 41.2 Å². The third kappa shape index (κ3) is 6.36. The summed E-state index contributed by atoms with van der Waals surface area (Å²) in [7, 11) is -3.55. The van der Waals surface area contributed by atoms with Gasteiger partial charge in [0, 0.05) is 31.3 Å². The van der Waals surface area contributed by atoms with Gasteiger partial charge in [-0.1, -0.05) is 17.1 Å². The van der Waals surface area contributed by atoms with Gasteiger partial charge in [0.15, 0.2) is 6.10 Å². The van der Waals surface area contributed by atoms with Crippen molar-refractivity contribution in [2.45, 2.75) is 45.0 Å². The minimum atomic E-state index is -3.55. The first-order valence-corrected chi connectivity index (χ1v) is 12.0. The van der Waals surface area contributed by atoms with Crippen LogP contribution in [0.4, 0.5) is 13.2 Å². The summed E-state index contributed by atoms with van der Waals surface area (Å²) in [4.78, 5) is 11.5. The highest BCUT2D eigenvalue weighted by atomic mass is 32.2. The van der Waals surface area contributed by atoms with Gasteiger partial charge in [0.25, 0.3) is 0 Å². The average Bonchev–Trinajstić information content (AvgIpc) is 3.35. The molecule has 1 aromatic rings. The highest BCUT2D eigenvalue weighted by molar-refractivity contribution is 7.89. The number of terminal acetylenes is 1. The second-order valence-corrected chi connectivity index (χ2v) is 9.92. The molecule has 0 unspecified atom stereocenters. The predicted molar refractivity (Wildman–Crippen MR) is 119 cm³/mol. The third-order valence-electron chi connectivity index (χ3n) is 5.30. The molecule has 3 atom stereocenters. The number of hydrogen-bond donors (Lipinski definition) is 1. The number of nitrogens with one attached hydrogen (secondary N) is 1. The molecule has 3 heterocycles. The number of nitrogens with zero attached hydrogens (tertiary/aromatic N) is 3. The first kappa shape index (κ1) is 24.8. The number of aryl methyl sites for hydroxylation is 1. The summed E-state index contributed by atoms with van der Waals surface area (Å²) >= 11 is 0. The SMILES string of the molecule is C#C/C=C(F)\C=C(\F)Cc1cc(C)cnc1[C@@H]1CC(N2C[C@H](F)[C@H](NS(=O)(=O)CC)C2)=NO1. The largest absolute Gasteiger partial charge is 0.384 e. The first-order valence-electron chi connectivity index (χ1n) is 10.4. The molecule has 1 fully saturated rings. The number of aromatic nitrogens is 1. The molecule has 0 aromatic carbocycles. The lowest BCUT2D eigenvalue weighted by Gasteiger charge is -2.17. The molecule has 178 valence electrons. The molecule has 0 saturated carbocycles. The molecule has 33 heavy (non-hydrogen) atoms. The average molecular weight is 483 g/mol. The number of rotatable bonds is 7. The van der Waals surface area contributed by atoms with Gasteiger partial charge < -0.3 is 9.74 Å². The van der Waals surface area contributed by atoms with Crippen LogP contribution in [0, 0.1) is 19.3 Å². The molecule has 11 heteroatoms. The van der Waals surface area contributed by atoms with Crippen molar-refractivity contribution in [3.63, 3.8) is 0 Å². The van der Waals surface area contributed by atoms with Gasteiger partial charge in [0.05, 0.1) is 30.5 Å². The van der Waals surface area contributed by atoms with E-state index in [1.807, 2.05) is 5.92 Å². The van der Waals surface area contributed by atoms with Crippen LogP contribution >= 0.6 is 0 Å².